The molecule has 3 heterocycles. The van der Waals surface area contributed by atoms with Crippen LogP contribution >= 0.6 is 0 Å². The summed E-state index contributed by atoms with van der Waals surface area (Å²) in [5, 5.41) is 17.6. The zero-order valence-electron chi connectivity index (χ0n) is 19.8. The Morgan fingerprint density at radius 2 is 2.03 bits per heavy atom. The normalized spacial score (nSPS) is 22.7. The lowest BCUT2D eigenvalue weighted by Crippen LogP contribution is -2.59. The Morgan fingerprint density at radius 1 is 1.32 bits per heavy atom. The van der Waals surface area contributed by atoms with E-state index in [0.29, 0.717) is 18.6 Å². The minimum absolute atomic E-state index is 0.0809. The summed E-state index contributed by atoms with van der Waals surface area (Å²) in [5.41, 5.74) is 1.38. The quantitative estimate of drug-likeness (QED) is 0.445. The maximum Gasteiger partial charge on any atom is 0.418 e. The molecule has 1 saturated carbocycles. The number of H-pyrrole nitrogens is 1. The number of nitrogens with one attached hydrogen (secondary N) is 1. The topological polar surface area (TPSA) is 134 Å². The molecular formula is C23H26F5N5O4. The number of likely N-dealkylation sites (tertiary alicyclic amines) is 1. The van der Waals surface area contributed by atoms with Gasteiger partial charge >= 0.3 is 6.18 Å². The molecular weight excluding hydrogens is 505 g/mol. The van der Waals surface area contributed by atoms with Crippen LogP contribution in [0.5, 0.6) is 5.88 Å². The Bertz CT molecular complexity index is 1200. The van der Waals surface area contributed by atoms with Crippen LogP contribution in [-0.4, -0.2) is 62.9 Å². The highest BCUT2D eigenvalue weighted by molar-refractivity contribution is 5.85. The first-order chi connectivity index (χ1) is 17.2. The average Bonchev–Trinajstić information content (AvgIpc) is 3.66. The zero-order valence-corrected chi connectivity index (χ0v) is 19.8. The monoisotopic (exact) mass is 531 g/mol. The van der Waals surface area contributed by atoms with Crippen molar-refractivity contribution in [2.45, 2.75) is 55.8 Å². The van der Waals surface area contributed by atoms with Crippen molar-refractivity contribution in [1.29, 1.82) is 0 Å². The number of aromatic nitrogens is 3. The van der Waals surface area contributed by atoms with E-state index in [-0.39, 0.29) is 23.7 Å². The first-order valence-electron chi connectivity index (χ1n) is 11.6. The van der Waals surface area contributed by atoms with Crippen LogP contribution in [0.3, 0.4) is 0 Å². The highest BCUT2D eigenvalue weighted by Crippen LogP contribution is 2.44. The van der Waals surface area contributed by atoms with Crippen LogP contribution in [0.25, 0.3) is 0 Å². The van der Waals surface area contributed by atoms with E-state index in [2.05, 4.69) is 10.2 Å². The number of aromatic amines is 1. The molecule has 1 aliphatic heterocycles. The van der Waals surface area contributed by atoms with Gasteiger partial charge in [0.05, 0.1) is 23.8 Å². The van der Waals surface area contributed by atoms with Crippen molar-refractivity contribution in [3.8, 4) is 5.88 Å². The van der Waals surface area contributed by atoms with Crippen LogP contribution in [0.15, 0.2) is 29.2 Å². The van der Waals surface area contributed by atoms with Crippen molar-refractivity contribution in [2.75, 3.05) is 19.7 Å². The fourth-order valence-electron chi connectivity index (χ4n) is 4.35. The van der Waals surface area contributed by atoms with Gasteiger partial charge in [-0.15, -0.1) is 10.2 Å². The van der Waals surface area contributed by atoms with E-state index in [1.807, 2.05) is 4.98 Å². The predicted octanol–water partition coefficient (Wildman–Crippen LogP) is 2.37. The number of aliphatic hydroxyl groups excluding tert-OH is 1. The lowest BCUT2D eigenvalue weighted by atomic mass is 9.83. The van der Waals surface area contributed by atoms with Crippen LogP contribution in [0.2, 0.25) is 0 Å². The van der Waals surface area contributed by atoms with E-state index < -0.39 is 59.7 Å². The Kier molecular flexibility index (Phi) is 7.01. The van der Waals surface area contributed by atoms with Crippen LogP contribution in [0, 0.1) is 5.92 Å². The number of amides is 1. The van der Waals surface area contributed by atoms with Crippen LogP contribution in [-0.2, 0) is 10.3 Å². The lowest BCUT2D eigenvalue weighted by Gasteiger charge is -2.45. The molecule has 37 heavy (non-hydrogen) atoms. The molecule has 0 bridgehead atoms. The Morgan fingerprint density at radius 3 is 2.59 bits per heavy atom. The minimum atomic E-state index is -5.18. The van der Waals surface area contributed by atoms with Gasteiger partial charge in [-0.3, -0.25) is 14.5 Å². The molecule has 4 N–H and O–H groups in total. The molecule has 2 aliphatic rings. The number of carbonyl (C=O) groups is 1. The first-order valence-corrected chi connectivity index (χ1v) is 11.6. The number of alkyl halides is 5. The molecule has 2 fully saturated rings. The summed E-state index contributed by atoms with van der Waals surface area (Å²) in [6, 6.07) is 3.57. The van der Waals surface area contributed by atoms with Crippen molar-refractivity contribution >= 4 is 5.91 Å². The average molecular weight is 531 g/mol. The summed E-state index contributed by atoms with van der Waals surface area (Å²) in [6.07, 6.45) is -6.08. The number of halogens is 5. The van der Waals surface area contributed by atoms with E-state index >= 15 is 8.78 Å². The van der Waals surface area contributed by atoms with Gasteiger partial charge in [-0.25, -0.2) is 8.78 Å². The predicted molar refractivity (Wildman–Crippen MR) is 119 cm³/mol. The van der Waals surface area contributed by atoms with Crippen molar-refractivity contribution in [3.63, 3.8) is 0 Å². The van der Waals surface area contributed by atoms with E-state index in [1.54, 1.807) is 0 Å². The number of hydrogen-bond acceptors (Lipinski definition) is 7. The van der Waals surface area contributed by atoms with Gasteiger partial charge in [-0.05, 0) is 43.4 Å². The first kappa shape index (κ1) is 26.9. The summed E-state index contributed by atoms with van der Waals surface area (Å²) in [4.78, 5) is 27.9. The van der Waals surface area contributed by atoms with Gasteiger partial charge in [0.25, 0.3) is 11.5 Å². The highest BCUT2D eigenvalue weighted by atomic mass is 19.4. The van der Waals surface area contributed by atoms with Gasteiger partial charge in [-0.1, -0.05) is 0 Å². The third-order valence-electron chi connectivity index (χ3n) is 7.00. The number of piperidine rings is 1. The Labute approximate surface area is 207 Å². The molecule has 202 valence electrons. The molecule has 3 atom stereocenters. The summed E-state index contributed by atoms with van der Waals surface area (Å²) in [7, 11) is 0. The Hall–Kier alpha value is -3.13. The standard InChI is InChI=1S/C23H26F5N5O4/c1-21(20(29)36,16-4-5-17(32-31-16)37-11-12-2-3-12)33-7-6-22(24,25)15(10-33)13-8-14(19(35)30-9-13)18(34)23(26,27)28/h4-5,8-9,12,15,18,34H,2-3,6-7,10-11H2,1H3,(H2,29,36)(H,30,35)/t15-,18-,21?/m1/s1. The van der Waals surface area contributed by atoms with E-state index in [4.69, 9.17) is 10.5 Å². The molecule has 14 heteroatoms. The molecule has 9 nitrogen and oxygen atoms in total. The number of aliphatic hydroxyl groups is 1. The second kappa shape index (κ2) is 9.63. The number of ether oxygens (including phenoxy) is 1. The van der Waals surface area contributed by atoms with Gasteiger partial charge in [0.15, 0.2) is 6.10 Å². The van der Waals surface area contributed by atoms with E-state index in [9.17, 15) is 27.9 Å². The van der Waals surface area contributed by atoms with E-state index in [1.165, 1.54) is 24.0 Å². The second-order valence-corrected chi connectivity index (χ2v) is 9.62. The summed E-state index contributed by atoms with van der Waals surface area (Å²) < 4.78 is 74.7. The van der Waals surface area contributed by atoms with Crippen LogP contribution < -0.4 is 16.0 Å². The fraction of sp³-hybridized carbons (Fsp3) is 0.565. The molecule has 4 rings (SSSR count). The maximum absolute atomic E-state index is 15.0. The van der Waals surface area contributed by atoms with Gasteiger partial charge in [0.2, 0.25) is 11.8 Å². The highest BCUT2D eigenvalue weighted by Gasteiger charge is 2.52. The third-order valence-corrected chi connectivity index (χ3v) is 7.00. The zero-order chi connectivity index (χ0) is 27.2. The van der Waals surface area contributed by atoms with Crippen LogP contribution in [0.1, 0.15) is 55.0 Å². The van der Waals surface area contributed by atoms with Gasteiger partial charge in [0.1, 0.15) is 5.54 Å². The number of rotatable bonds is 8. The van der Waals surface area contributed by atoms with Gasteiger partial charge in [0, 0.05) is 31.8 Å². The number of pyridine rings is 1. The van der Waals surface area contributed by atoms with Gasteiger partial charge < -0.3 is 20.6 Å². The van der Waals surface area contributed by atoms with Gasteiger partial charge in [-0.2, -0.15) is 13.2 Å². The molecule has 1 saturated heterocycles. The SMILES string of the molecule is CC(C(N)=O)(c1ccc(OCC2CC2)nn1)N1CCC(F)(F)[C@@H](c2c[nH]c(=O)c([C@@H](O)C(F)(F)F)c2)C1. The molecule has 2 aromatic rings. The fourth-order valence-corrected chi connectivity index (χ4v) is 4.35. The molecule has 2 aromatic heterocycles. The molecule has 0 aromatic carbocycles. The molecule has 1 amide bonds. The number of nitrogens with zero attached hydrogens (tertiary/aromatic N) is 3. The molecule has 0 radical (unpaired) electrons. The smallest absolute Gasteiger partial charge is 0.418 e. The van der Waals surface area contributed by atoms with E-state index in [0.717, 1.165) is 19.0 Å². The number of primary amides is 1. The molecule has 0 spiro atoms. The second-order valence-electron chi connectivity index (χ2n) is 9.62. The minimum Gasteiger partial charge on any atom is -0.476 e. The van der Waals surface area contributed by atoms with Crippen molar-refractivity contribution < 1.29 is 36.6 Å². The number of nitrogens with two attached hydrogens (primary N) is 1. The molecule has 1 unspecified atom stereocenters. The largest absolute Gasteiger partial charge is 0.476 e. The number of carbonyl (C=O) groups excluding carboxylic acids is 1. The Balaban J connectivity index is 1.64. The summed E-state index contributed by atoms with van der Waals surface area (Å²) >= 11 is 0. The van der Waals surface area contributed by atoms with Crippen LogP contribution in [0.4, 0.5) is 22.0 Å². The summed E-state index contributed by atoms with van der Waals surface area (Å²) in [5.74, 6) is -5.33. The maximum atomic E-state index is 15.0. The number of hydrogen-bond donors (Lipinski definition) is 3. The lowest BCUT2D eigenvalue weighted by molar-refractivity contribution is -0.207. The molecule has 1 aliphatic carbocycles. The summed E-state index contributed by atoms with van der Waals surface area (Å²) in [6.45, 7) is 1.08. The van der Waals surface area contributed by atoms with Crippen molar-refractivity contribution in [1.82, 2.24) is 20.1 Å². The van der Waals surface area contributed by atoms with Crippen molar-refractivity contribution in [3.05, 3.63) is 51.6 Å². The third kappa shape index (κ3) is 5.44. The van der Waals surface area contributed by atoms with Crippen molar-refractivity contribution in [2.24, 2.45) is 11.7 Å².